The third kappa shape index (κ3) is 7.13. The van der Waals surface area contributed by atoms with Gasteiger partial charge in [-0.2, -0.15) is 5.10 Å². The number of hydrogen-bond donors (Lipinski definition) is 1. The number of aromatic nitrogens is 2. The molecule has 3 aromatic rings. The van der Waals surface area contributed by atoms with Gasteiger partial charge in [-0.3, -0.25) is 4.90 Å². The first kappa shape index (κ1) is 26.3. The lowest BCUT2D eigenvalue weighted by Gasteiger charge is -2.28. The van der Waals surface area contributed by atoms with Gasteiger partial charge < -0.3 is 19.3 Å². The molecular weight excluding hydrogens is 461 g/mol. The van der Waals surface area contributed by atoms with E-state index in [9.17, 15) is 9.50 Å². The first-order chi connectivity index (χ1) is 17.4. The molecule has 0 unspecified atom stereocenters. The molecule has 7 nitrogen and oxygen atoms in total. The van der Waals surface area contributed by atoms with Gasteiger partial charge in [-0.25, -0.2) is 9.07 Å². The molecule has 8 heteroatoms. The number of hydrogen-bond acceptors (Lipinski definition) is 6. The average Bonchev–Trinajstić information content (AvgIpc) is 3.47. The first-order valence-corrected chi connectivity index (χ1v) is 12.6. The second kappa shape index (κ2) is 12.5. The smallest absolute Gasteiger partial charge is 0.227 e. The Labute approximate surface area is 212 Å². The Hall–Kier alpha value is -2.78. The maximum absolute atomic E-state index is 13.9. The second-order valence-corrected chi connectivity index (χ2v) is 9.54. The van der Waals surface area contributed by atoms with Crippen molar-refractivity contribution < 1.29 is 23.7 Å². The van der Waals surface area contributed by atoms with E-state index in [2.05, 4.69) is 4.90 Å². The van der Waals surface area contributed by atoms with Gasteiger partial charge in [-0.1, -0.05) is 24.3 Å². The summed E-state index contributed by atoms with van der Waals surface area (Å²) in [5.41, 5.74) is 2.52. The zero-order chi connectivity index (χ0) is 25.5. The van der Waals surface area contributed by atoms with Gasteiger partial charge >= 0.3 is 0 Å². The molecule has 0 aliphatic carbocycles. The topological polar surface area (TPSA) is 69.0 Å². The molecule has 0 bridgehead atoms. The van der Waals surface area contributed by atoms with E-state index in [1.54, 1.807) is 16.8 Å². The fourth-order valence-corrected chi connectivity index (χ4v) is 4.37. The van der Waals surface area contributed by atoms with Crippen molar-refractivity contribution in [2.75, 3.05) is 26.3 Å². The highest BCUT2D eigenvalue weighted by Gasteiger charge is 2.26. The number of para-hydroxylation sites is 1. The molecule has 0 amide bonds. The number of aliphatic hydroxyl groups is 1. The van der Waals surface area contributed by atoms with Crippen LogP contribution < -0.4 is 4.74 Å². The van der Waals surface area contributed by atoms with Crippen molar-refractivity contribution in [3.05, 3.63) is 71.7 Å². The molecule has 4 rings (SSSR count). The number of halogens is 1. The highest BCUT2D eigenvalue weighted by molar-refractivity contribution is 5.43. The molecule has 1 aromatic heterocycles. The molecule has 1 aliphatic heterocycles. The maximum atomic E-state index is 13.9. The summed E-state index contributed by atoms with van der Waals surface area (Å²) >= 11 is 0. The minimum absolute atomic E-state index is 0.0453. The van der Waals surface area contributed by atoms with E-state index in [-0.39, 0.29) is 24.6 Å². The van der Waals surface area contributed by atoms with Gasteiger partial charge in [0.2, 0.25) is 5.88 Å². The summed E-state index contributed by atoms with van der Waals surface area (Å²) in [6.45, 7) is 8.45. The van der Waals surface area contributed by atoms with E-state index in [0.717, 1.165) is 36.4 Å². The van der Waals surface area contributed by atoms with Crippen molar-refractivity contribution in [3.63, 3.8) is 0 Å². The molecule has 0 spiro atoms. The van der Waals surface area contributed by atoms with E-state index in [0.29, 0.717) is 31.3 Å². The summed E-state index contributed by atoms with van der Waals surface area (Å²) in [5, 5.41) is 15.5. The van der Waals surface area contributed by atoms with Crippen LogP contribution in [0.15, 0.2) is 54.6 Å². The van der Waals surface area contributed by atoms with E-state index in [4.69, 9.17) is 19.3 Å². The Morgan fingerprint density at radius 1 is 1.19 bits per heavy atom. The lowest BCUT2D eigenvalue weighted by Crippen LogP contribution is -2.39. The van der Waals surface area contributed by atoms with Crippen molar-refractivity contribution in [3.8, 4) is 17.3 Å². The van der Waals surface area contributed by atoms with Gasteiger partial charge in [0.15, 0.2) is 0 Å². The standard InChI is InChI=1S/C28H36FN3O4/c1-20(2)35-19-24(33)16-31(17-26-13-8-14-34-26)18-27-21(3)30-32(23-10-5-4-6-11-23)28(27)36-25-12-7-9-22(29)15-25/h4-7,9-12,15,20,24,26,33H,8,13-14,16-19H2,1-3H3/t24-,26-/m1/s1. The van der Waals surface area contributed by atoms with E-state index in [1.165, 1.54) is 12.1 Å². The van der Waals surface area contributed by atoms with Crippen LogP contribution in [-0.4, -0.2) is 64.4 Å². The number of nitrogens with zero attached hydrogens (tertiary/aromatic N) is 3. The van der Waals surface area contributed by atoms with Crippen LogP contribution in [0, 0.1) is 12.7 Å². The van der Waals surface area contributed by atoms with Gasteiger partial charge in [0.25, 0.3) is 0 Å². The SMILES string of the molecule is Cc1nn(-c2ccccc2)c(Oc2cccc(F)c2)c1CN(C[C@@H](O)COC(C)C)C[C@H]1CCCO1. The monoisotopic (exact) mass is 497 g/mol. The molecule has 2 aromatic carbocycles. The van der Waals surface area contributed by atoms with Crippen molar-refractivity contribution in [2.24, 2.45) is 0 Å². The average molecular weight is 498 g/mol. The summed E-state index contributed by atoms with van der Waals surface area (Å²) in [6, 6.07) is 15.8. The van der Waals surface area contributed by atoms with Gasteiger partial charge in [0.1, 0.15) is 11.6 Å². The van der Waals surface area contributed by atoms with Crippen LogP contribution in [0.3, 0.4) is 0 Å². The molecule has 0 saturated carbocycles. The van der Waals surface area contributed by atoms with E-state index in [1.807, 2.05) is 51.1 Å². The highest BCUT2D eigenvalue weighted by Crippen LogP contribution is 2.32. The Kier molecular flexibility index (Phi) is 9.09. The highest BCUT2D eigenvalue weighted by atomic mass is 19.1. The Morgan fingerprint density at radius 2 is 2.00 bits per heavy atom. The van der Waals surface area contributed by atoms with Crippen LogP contribution in [0.1, 0.15) is 37.9 Å². The van der Waals surface area contributed by atoms with E-state index >= 15 is 0 Å². The summed E-state index contributed by atoms with van der Waals surface area (Å²) in [6.07, 6.45) is 1.54. The zero-order valence-corrected chi connectivity index (χ0v) is 21.3. The van der Waals surface area contributed by atoms with Gasteiger partial charge in [0.05, 0.1) is 41.9 Å². The van der Waals surface area contributed by atoms with Crippen molar-refractivity contribution >= 4 is 0 Å². The molecule has 1 N–H and O–H groups in total. The lowest BCUT2D eigenvalue weighted by molar-refractivity contribution is -0.0173. The number of rotatable bonds is 12. The summed E-state index contributed by atoms with van der Waals surface area (Å²) in [4.78, 5) is 2.17. The van der Waals surface area contributed by atoms with E-state index < -0.39 is 6.10 Å². The summed E-state index contributed by atoms with van der Waals surface area (Å²) in [7, 11) is 0. The largest absolute Gasteiger partial charge is 0.438 e. The van der Waals surface area contributed by atoms with Crippen molar-refractivity contribution in [1.82, 2.24) is 14.7 Å². The van der Waals surface area contributed by atoms with Crippen molar-refractivity contribution in [2.45, 2.75) is 58.5 Å². The lowest BCUT2D eigenvalue weighted by atomic mass is 10.1. The number of benzene rings is 2. The predicted octanol–water partition coefficient (Wildman–Crippen LogP) is 4.88. The first-order valence-electron chi connectivity index (χ1n) is 12.6. The molecule has 2 heterocycles. The molecule has 2 atom stereocenters. The Bertz CT molecular complexity index is 1100. The van der Waals surface area contributed by atoms with Gasteiger partial charge in [-0.05, 0) is 57.9 Å². The van der Waals surface area contributed by atoms with Crippen LogP contribution in [-0.2, 0) is 16.0 Å². The van der Waals surface area contributed by atoms with Crippen LogP contribution >= 0.6 is 0 Å². The molecule has 36 heavy (non-hydrogen) atoms. The number of aryl methyl sites for hydroxylation is 1. The Morgan fingerprint density at radius 3 is 2.69 bits per heavy atom. The van der Waals surface area contributed by atoms with Gasteiger partial charge in [-0.15, -0.1) is 0 Å². The van der Waals surface area contributed by atoms with Crippen LogP contribution in [0.5, 0.6) is 11.6 Å². The zero-order valence-electron chi connectivity index (χ0n) is 21.3. The summed E-state index contributed by atoms with van der Waals surface area (Å²) < 4.78 is 33.5. The predicted molar refractivity (Wildman–Crippen MR) is 136 cm³/mol. The quantitative estimate of drug-likeness (QED) is 0.385. The van der Waals surface area contributed by atoms with Gasteiger partial charge in [0, 0.05) is 32.3 Å². The normalized spacial score (nSPS) is 16.7. The number of aliphatic hydroxyl groups excluding tert-OH is 1. The fraction of sp³-hybridized carbons (Fsp3) is 0.464. The molecule has 1 saturated heterocycles. The maximum Gasteiger partial charge on any atom is 0.227 e. The van der Waals surface area contributed by atoms with Crippen LogP contribution in [0.4, 0.5) is 4.39 Å². The van der Waals surface area contributed by atoms with Crippen molar-refractivity contribution in [1.29, 1.82) is 0 Å². The third-order valence-electron chi connectivity index (χ3n) is 6.11. The molecule has 1 aliphatic rings. The minimum atomic E-state index is -0.647. The summed E-state index contributed by atoms with van der Waals surface area (Å²) in [5.74, 6) is 0.545. The van der Waals surface area contributed by atoms with Crippen LogP contribution in [0.2, 0.25) is 0 Å². The molecule has 194 valence electrons. The number of ether oxygens (including phenoxy) is 3. The molecule has 0 radical (unpaired) electrons. The third-order valence-corrected chi connectivity index (χ3v) is 6.11. The molecule has 1 fully saturated rings. The second-order valence-electron chi connectivity index (χ2n) is 9.54. The minimum Gasteiger partial charge on any atom is -0.438 e. The van der Waals surface area contributed by atoms with Crippen LogP contribution in [0.25, 0.3) is 5.69 Å². The molecular formula is C28H36FN3O4. The Balaban J connectivity index is 1.65. The fourth-order valence-electron chi connectivity index (χ4n) is 4.37.